The van der Waals surface area contributed by atoms with Crippen LogP contribution in [0, 0.1) is 0 Å². The van der Waals surface area contributed by atoms with Crippen LogP contribution in [0.4, 0.5) is 15.3 Å². The molecule has 238 valence electrons. The van der Waals surface area contributed by atoms with Crippen LogP contribution in [0.5, 0.6) is 5.75 Å². The monoisotopic (exact) mass is 655 g/mol. The smallest absolute Gasteiger partial charge is 0.410 e. The van der Waals surface area contributed by atoms with E-state index in [1.807, 2.05) is 34.1 Å². The molecule has 0 aromatic heterocycles. The zero-order chi connectivity index (χ0) is 31.9. The largest absolute Gasteiger partial charge is 0.505 e. The Kier molecular flexibility index (Phi) is 10.7. The quantitative estimate of drug-likeness (QED) is 0.305. The SMILES string of the molecule is O=C(N=C=C=CN1CCC(O)CC1)[C@@H](Cc1cc(Cl)c(O)c(Cl)c1)OC(=O)N1CCC(N2CCc3ccccc3NC2=O)CC1. The number of aliphatic imine (C=N–C) groups is 1. The lowest BCUT2D eigenvalue weighted by Gasteiger charge is -2.37. The van der Waals surface area contributed by atoms with Gasteiger partial charge in [0.25, 0.3) is 5.91 Å². The Morgan fingerprint density at radius 3 is 2.47 bits per heavy atom. The van der Waals surface area contributed by atoms with Gasteiger partial charge in [0.05, 0.1) is 22.3 Å². The Balaban J connectivity index is 1.23. The van der Waals surface area contributed by atoms with Crippen molar-refractivity contribution in [2.45, 2.75) is 56.8 Å². The molecule has 3 heterocycles. The molecule has 5 rings (SSSR count). The predicted octanol–water partition coefficient (Wildman–Crippen LogP) is 4.62. The number of para-hydroxylation sites is 1. The van der Waals surface area contributed by atoms with Crippen LogP contribution < -0.4 is 5.32 Å². The number of nitrogens with zero attached hydrogens (tertiary/aromatic N) is 4. The van der Waals surface area contributed by atoms with Crippen molar-refractivity contribution in [3.63, 3.8) is 0 Å². The predicted molar refractivity (Wildman–Crippen MR) is 170 cm³/mol. The Morgan fingerprint density at radius 1 is 1.07 bits per heavy atom. The first-order valence-electron chi connectivity index (χ1n) is 15.0. The van der Waals surface area contributed by atoms with Gasteiger partial charge < -0.3 is 35.0 Å². The summed E-state index contributed by atoms with van der Waals surface area (Å²) in [6, 6.07) is 10.4. The van der Waals surface area contributed by atoms with Crippen LogP contribution in [0.3, 0.4) is 0 Å². The van der Waals surface area contributed by atoms with E-state index < -0.39 is 18.1 Å². The first-order chi connectivity index (χ1) is 21.7. The summed E-state index contributed by atoms with van der Waals surface area (Å²) in [7, 11) is 0. The standard InChI is InChI=1S/C32H35Cl2N5O6/c33-25-18-21(19-26(34)29(25)41)20-28(30(42)35-11-3-12-37-13-9-24(40)10-14-37)45-32(44)38-15-7-23(8-16-38)39-17-6-22-4-1-2-5-27(22)36-31(39)43/h1-2,4-5,12,18-19,23-24,28,40-41H,6-10,13-17,20H2,(H,36,43)/t28-/m1/s1. The second-order valence-electron chi connectivity index (χ2n) is 11.3. The molecule has 1 atom stereocenters. The van der Waals surface area contributed by atoms with Gasteiger partial charge in [-0.3, -0.25) is 4.79 Å². The maximum absolute atomic E-state index is 13.3. The van der Waals surface area contributed by atoms with Gasteiger partial charge in [0.2, 0.25) is 0 Å². The molecule has 0 spiro atoms. The zero-order valence-electron chi connectivity index (χ0n) is 24.6. The molecule has 3 aliphatic heterocycles. The maximum atomic E-state index is 13.3. The number of nitrogens with one attached hydrogen (secondary N) is 1. The summed E-state index contributed by atoms with van der Waals surface area (Å²) in [6.07, 6.45) is 2.34. The number of ether oxygens (including phenoxy) is 1. The van der Waals surface area contributed by atoms with E-state index in [0.717, 1.165) is 17.7 Å². The summed E-state index contributed by atoms with van der Waals surface area (Å²) in [5.41, 5.74) is 5.09. The number of piperidine rings is 2. The van der Waals surface area contributed by atoms with Gasteiger partial charge in [-0.05, 0) is 67.2 Å². The molecule has 0 saturated carbocycles. The highest BCUT2D eigenvalue weighted by molar-refractivity contribution is 6.37. The number of aliphatic hydroxyl groups is 1. The highest BCUT2D eigenvalue weighted by atomic mass is 35.5. The van der Waals surface area contributed by atoms with E-state index in [1.54, 1.807) is 6.20 Å². The normalized spacial score (nSPS) is 18.1. The van der Waals surface area contributed by atoms with Crippen LogP contribution in [0.2, 0.25) is 10.0 Å². The molecule has 0 radical (unpaired) electrons. The average molecular weight is 657 g/mol. The molecule has 0 unspecified atom stereocenters. The van der Waals surface area contributed by atoms with Crippen LogP contribution in [-0.2, 0) is 22.4 Å². The Hall–Kier alpha value is -3.98. The van der Waals surface area contributed by atoms with Gasteiger partial charge in [-0.15, -0.1) is 0 Å². The molecule has 13 heteroatoms. The molecule has 2 aromatic rings. The third-order valence-corrected chi connectivity index (χ3v) is 8.87. The van der Waals surface area contributed by atoms with Crippen LogP contribution >= 0.6 is 23.2 Å². The fourth-order valence-electron chi connectivity index (χ4n) is 5.72. The number of urea groups is 1. The van der Waals surface area contributed by atoms with Crippen LogP contribution in [0.15, 0.2) is 53.3 Å². The number of phenolic OH excluding ortho intramolecular Hbond substituents is 1. The Bertz CT molecular complexity index is 1500. The molecule has 0 bridgehead atoms. The second kappa shape index (κ2) is 14.9. The number of rotatable bonds is 6. The number of halogens is 2. The minimum atomic E-state index is -1.32. The van der Waals surface area contributed by atoms with E-state index in [4.69, 9.17) is 27.9 Å². The van der Waals surface area contributed by atoms with Crippen LogP contribution in [-0.4, -0.2) is 99.8 Å². The van der Waals surface area contributed by atoms with Crippen molar-refractivity contribution in [1.29, 1.82) is 0 Å². The highest BCUT2D eigenvalue weighted by Crippen LogP contribution is 2.33. The van der Waals surface area contributed by atoms with Gasteiger partial charge in [-0.2, -0.15) is 4.99 Å². The number of carbonyl (C=O) groups excluding carboxylic acids is 3. The number of phenols is 1. The van der Waals surface area contributed by atoms with Crippen LogP contribution in [0.1, 0.15) is 36.8 Å². The van der Waals surface area contributed by atoms with Gasteiger partial charge in [-0.25, -0.2) is 9.59 Å². The molecule has 2 saturated heterocycles. The van der Waals surface area contributed by atoms with Crippen molar-refractivity contribution in [3.8, 4) is 5.75 Å². The van der Waals surface area contributed by atoms with Gasteiger partial charge in [0.1, 0.15) is 0 Å². The molecule has 3 aliphatic rings. The molecule has 3 N–H and O–H groups in total. The summed E-state index contributed by atoms with van der Waals surface area (Å²) in [5.74, 6) is 1.43. The molecule has 0 aliphatic carbocycles. The summed E-state index contributed by atoms with van der Waals surface area (Å²) >= 11 is 12.2. The number of likely N-dealkylation sites (tertiary alicyclic amines) is 2. The average Bonchev–Trinajstić information content (AvgIpc) is 3.20. The molecular formula is C32H35Cl2N5O6. The molecule has 11 nitrogen and oxygen atoms in total. The van der Waals surface area contributed by atoms with Gasteiger partial charge in [-0.1, -0.05) is 41.4 Å². The summed E-state index contributed by atoms with van der Waals surface area (Å²) in [6.45, 7) is 2.56. The van der Waals surface area contributed by atoms with Gasteiger partial charge in [0, 0.05) is 56.7 Å². The summed E-state index contributed by atoms with van der Waals surface area (Å²) in [5, 5.41) is 22.6. The van der Waals surface area contributed by atoms with Crippen molar-refractivity contribution in [2.75, 3.05) is 38.0 Å². The van der Waals surface area contributed by atoms with Gasteiger partial charge >= 0.3 is 12.1 Å². The number of aliphatic hydroxyl groups excluding tert-OH is 1. The highest BCUT2D eigenvalue weighted by Gasteiger charge is 2.33. The minimum Gasteiger partial charge on any atom is -0.505 e. The lowest BCUT2D eigenvalue weighted by molar-refractivity contribution is -0.126. The van der Waals surface area contributed by atoms with E-state index in [0.29, 0.717) is 64.0 Å². The fraction of sp³-hybridized carbons (Fsp3) is 0.438. The molecule has 45 heavy (non-hydrogen) atoms. The fourth-order valence-corrected chi connectivity index (χ4v) is 6.25. The minimum absolute atomic E-state index is 0.00396. The van der Waals surface area contributed by atoms with E-state index >= 15 is 0 Å². The van der Waals surface area contributed by atoms with E-state index in [2.05, 4.69) is 21.9 Å². The number of aromatic hydroxyl groups is 1. The topological polar surface area (TPSA) is 135 Å². The third-order valence-electron chi connectivity index (χ3n) is 8.30. The first kappa shape index (κ1) is 32.4. The zero-order valence-corrected chi connectivity index (χ0v) is 26.1. The number of amides is 4. The molecule has 2 fully saturated rings. The van der Waals surface area contributed by atoms with Gasteiger partial charge in [0.15, 0.2) is 11.9 Å². The van der Waals surface area contributed by atoms with Crippen LogP contribution in [0.25, 0.3) is 0 Å². The number of carbonyl (C=O) groups is 3. The number of anilines is 1. The number of hydrogen-bond acceptors (Lipinski definition) is 7. The Labute approximate surface area is 271 Å². The van der Waals surface area contributed by atoms with E-state index in [9.17, 15) is 24.6 Å². The van der Waals surface area contributed by atoms with E-state index in [1.165, 1.54) is 17.0 Å². The summed E-state index contributed by atoms with van der Waals surface area (Å²) < 4.78 is 5.67. The van der Waals surface area contributed by atoms with Crippen molar-refractivity contribution in [2.24, 2.45) is 4.99 Å². The number of fused-ring (bicyclic) bond motifs is 1. The lowest BCUT2D eigenvalue weighted by Crippen LogP contribution is -2.50. The Morgan fingerprint density at radius 2 is 1.76 bits per heavy atom. The number of hydrogen-bond donors (Lipinski definition) is 3. The second-order valence-corrected chi connectivity index (χ2v) is 12.2. The van der Waals surface area contributed by atoms with Crippen molar-refractivity contribution < 1.29 is 29.3 Å². The molecular weight excluding hydrogens is 621 g/mol. The third kappa shape index (κ3) is 8.39. The first-order valence-corrected chi connectivity index (χ1v) is 15.7. The van der Waals surface area contributed by atoms with Crippen molar-refractivity contribution in [1.82, 2.24) is 14.7 Å². The van der Waals surface area contributed by atoms with Crippen molar-refractivity contribution >= 4 is 52.8 Å². The maximum Gasteiger partial charge on any atom is 0.410 e. The lowest BCUT2D eigenvalue weighted by atomic mass is 10.0. The molecule has 2 aromatic carbocycles. The molecule has 4 amide bonds. The van der Waals surface area contributed by atoms with Crippen molar-refractivity contribution in [3.05, 3.63) is 69.5 Å². The van der Waals surface area contributed by atoms with E-state index in [-0.39, 0.29) is 40.4 Å². The summed E-state index contributed by atoms with van der Waals surface area (Å²) in [4.78, 5) is 48.5. The number of benzene rings is 2.